The maximum Gasteiger partial charge on any atom is 0.0973 e. The molecule has 0 spiro atoms. The standard InChI is InChI=1S/C36H69NO2/c1-3-5-7-9-11-13-15-17-19-21-23-25-27-29-31-38-35-33-37-34-36(35)39-32-30-28-26-24-22-20-18-16-14-12-10-8-6-4-2/h13-16,35-37H,3-12,17-34H2,1-2H3/b15-13-,16-14-/t35-,36?/m1/s1. The summed E-state index contributed by atoms with van der Waals surface area (Å²) < 4.78 is 12.4. The fraction of sp³-hybridized carbons (Fsp3) is 0.889. The average Bonchev–Trinajstić information content (AvgIpc) is 3.40. The van der Waals surface area contributed by atoms with Gasteiger partial charge in [0.2, 0.25) is 0 Å². The average molecular weight is 548 g/mol. The maximum atomic E-state index is 6.20. The summed E-state index contributed by atoms with van der Waals surface area (Å²) in [5.74, 6) is 0. The zero-order valence-corrected chi connectivity index (χ0v) is 26.6. The fourth-order valence-electron chi connectivity index (χ4n) is 5.42. The van der Waals surface area contributed by atoms with E-state index in [1.54, 1.807) is 0 Å². The van der Waals surface area contributed by atoms with Crippen LogP contribution in [0.15, 0.2) is 24.3 Å². The summed E-state index contributed by atoms with van der Waals surface area (Å²) in [6, 6.07) is 0. The van der Waals surface area contributed by atoms with E-state index >= 15 is 0 Å². The van der Waals surface area contributed by atoms with Crippen molar-refractivity contribution in [1.29, 1.82) is 0 Å². The van der Waals surface area contributed by atoms with Crippen LogP contribution in [0.2, 0.25) is 0 Å². The molecule has 0 aliphatic carbocycles. The molecule has 1 rings (SSSR count). The molecule has 1 N–H and O–H groups in total. The van der Waals surface area contributed by atoms with E-state index in [9.17, 15) is 0 Å². The van der Waals surface area contributed by atoms with Crippen LogP contribution in [0, 0.1) is 0 Å². The van der Waals surface area contributed by atoms with E-state index in [1.165, 1.54) is 154 Å². The van der Waals surface area contributed by atoms with Crippen molar-refractivity contribution in [2.75, 3.05) is 26.3 Å². The lowest BCUT2D eigenvalue weighted by Crippen LogP contribution is -2.30. The maximum absolute atomic E-state index is 6.20. The van der Waals surface area contributed by atoms with Gasteiger partial charge >= 0.3 is 0 Å². The Balaban J connectivity index is 1.84. The molecule has 3 nitrogen and oxygen atoms in total. The second-order valence-electron chi connectivity index (χ2n) is 11.9. The molecule has 0 bridgehead atoms. The molecule has 230 valence electrons. The van der Waals surface area contributed by atoms with Crippen molar-refractivity contribution < 1.29 is 9.47 Å². The molecule has 1 aliphatic heterocycles. The number of rotatable bonds is 30. The van der Waals surface area contributed by atoms with Gasteiger partial charge in [0.15, 0.2) is 0 Å². The number of unbranched alkanes of at least 4 members (excludes halogenated alkanes) is 20. The Kier molecular flexibility index (Phi) is 28.3. The molecule has 0 aromatic carbocycles. The van der Waals surface area contributed by atoms with Crippen LogP contribution in [0.1, 0.15) is 168 Å². The summed E-state index contributed by atoms with van der Waals surface area (Å²) in [4.78, 5) is 0. The van der Waals surface area contributed by atoms with Crippen LogP contribution in [0.4, 0.5) is 0 Å². The second kappa shape index (κ2) is 30.3. The van der Waals surface area contributed by atoms with Gasteiger partial charge in [0.25, 0.3) is 0 Å². The summed E-state index contributed by atoms with van der Waals surface area (Å²) in [7, 11) is 0. The number of hydrogen-bond acceptors (Lipinski definition) is 3. The summed E-state index contributed by atoms with van der Waals surface area (Å²) in [6.07, 6.45) is 42.1. The largest absolute Gasteiger partial charge is 0.374 e. The number of allylic oxidation sites excluding steroid dienone is 4. The van der Waals surface area contributed by atoms with E-state index < -0.39 is 0 Å². The number of hydrogen-bond donors (Lipinski definition) is 1. The van der Waals surface area contributed by atoms with Crippen molar-refractivity contribution in [1.82, 2.24) is 5.32 Å². The van der Waals surface area contributed by atoms with Gasteiger partial charge in [-0.2, -0.15) is 0 Å². The fourth-order valence-corrected chi connectivity index (χ4v) is 5.42. The molecule has 1 heterocycles. The molecule has 1 aliphatic rings. The van der Waals surface area contributed by atoms with E-state index in [0.717, 1.165) is 26.3 Å². The minimum atomic E-state index is 0.249. The Labute approximate surface area is 245 Å². The first-order valence-corrected chi connectivity index (χ1v) is 17.6. The quantitative estimate of drug-likeness (QED) is 0.0716. The molecule has 0 amide bonds. The third-order valence-corrected chi connectivity index (χ3v) is 8.08. The van der Waals surface area contributed by atoms with Crippen molar-refractivity contribution in [2.45, 2.75) is 180 Å². The van der Waals surface area contributed by atoms with E-state index in [1.807, 2.05) is 0 Å². The van der Waals surface area contributed by atoms with Gasteiger partial charge in [0.1, 0.15) is 0 Å². The van der Waals surface area contributed by atoms with Crippen molar-refractivity contribution >= 4 is 0 Å². The van der Waals surface area contributed by atoms with Crippen LogP contribution in [0.5, 0.6) is 0 Å². The van der Waals surface area contributed by atoms with Gasteiger partial charge in [-0.1, -0.05) is 128 Å². The lowest BCUT2D eigenvalue weighted by atomic mass is 10.1. The van der Waals surface area contributed by atoms with Gasteiger partial charge in [-0.25, -0.2) is 0 Å². The van der Waals surface area contributed by atoms with E-state index in [4.69, 9.17) is 9.47 Å². The third kappa shape index (κ3) is 24.8. The minimum absolute atomic E-state index is 0.249. The van der Waals surface area contributed by atoms with Crippen LogP contribution in [-0.2, 0) is 9.47 Å². The zero-order chi connectivity index (χ0) is 27.9. The smallest absolute Gasteiger partial charge is 0.0973 e. The van der Waals surface area contributed by atoms with Gasteiger partial charge in [-0.15, -0.1) is 0 Å². The monoisotopic (exact) mass is 548 g/mol. The van der Waals surface area contributed by atoms with Gasteiger partial charge in [-0.3, -0.25) is 0 Å². The van der Waals surface area contributed by atoms with Crippen molar-refractivity contribution in [3.8, 4) is 0 Å². The highest BCUT2D eigenvalue weighted by atomic mass is 16.5. The van der Waals surface area contributed by atoms with Crippen LogP contribution < -0.4 is 5.32 Å². The molecule has 1 fully saturated rings. The highest BCUT2D eigenvalue weighted by Gasteiger charge is 2.28. The predicted molar refractivity (Wildman–Crippen MR) is 173 cm³/mol. The molecular weight excluding hydrogens is 478 g/mol. The van der Waals surface area contributed by atoms with Gasteiger partial charge in [0.05, 0.1) is 12.2 Å². The molecule has 0 saturated carbocycles. The van der Waals surface area contributed by atoms with E-state index in [-0.39, 0.29) is 12.2 Å². The second-order valence-corrected chi connectivity index (χ2v) is 11.9. The topological polar surface area (TPSA) is 30.5 Å². The molecule has 1 saturated heterocycles. The molecule has 0 aromatic rings. The summed E-state index contributed by atoms with van der Waals surface area (Å²) >= 11 is 0. The van der Waals surface area contributed by atoms with Crippen LogP contribution in [-0.4, -0.2) is 38.5 Å². The molecule has 0 aromatic heterocycles. The first-order chi connectivity index (χ1) is 19.4. The highest BCUT2D eigenvalue weighted by molar-refractivity contribution is 4.83. The molecular formula is C36H69NO2. The Morgan fingerprint density at radius 2 is 0.744 bits per heavy atom. The predicted octanol–water partition coefficient (Wildman–Crippen LogP) is 10.9. The Bertz CT molecular complexity index is 486. The summed E-state index contributed by atoms with van der Waals surface area (Å²) in [5, 5.41) is 3.47. The Morgan fingerprint density at radius 1 is 0.436 bits per heavy atom. The normalized spacial score (nSPS) is 17.8. The third-order valence-electron chi connectivity index (χ3n) is 8.08. The Hall–Kier alpha value is -0.640. The van der Waals surface area contributed by atoms with E-state index in [0.29, 0.717) is 0 Å². The number of nitrogens with one attached hydrogen (secondary N) is 1. The number of ether oxygens (including phenoxy) is 2. The van der Waals surface area contributed by atoms with Gasteiger partial charge in [-0.05, 0) is 64.2 Å². The minimum Gasteiger partial charge on any atom is -0.374 e. The van der Waals surface area contributed by atoms with Gasteiger partial charge < -0.3 is 14.8 Å². The summed E-state index contributed by atoms with van der Waals surface area (Å²) in [6.45, 7) is 8.24. The lowest BCUT2D eigenvalue weighted by Gasteiger charge is -2.20. The van der Waals surface area contributed by atoms with Crippen molar-refractivity contribution in [2.24, 2.45) is 0 Å². The zero-order valence-electron chi connectivity index (χ0n) is 26.6. The van der Waals surface area contributed by atoms with Crippen LogP contribution in [0.3, 0.4) is 0 Å². The van der Waals surface area contributed by atoms with Crippen LogP contribution >= 0.6 is 0 Å². The molecule has 1 unspecified atom stereocenters. The van der Waals surface area contributed by atoms with Gasteiger partial charge in [0, 0.05) is 26.3 Å². The van der Waals surface area contributed by atoms with Crippen molar-refractivity contribution in [3.05, 3.63) is 24.3 Å². The molecule has 3 heteroatoms. The Morgan fingerprint density at radius 3 is 1.10 bits per heavy atom. The first-order valence-electron chi connectivity index (χ1n) is 17.6. The molecule has 39 heavy (non-hydrogen) atoms. The lowest BCUT2D eigenvalue weighted by molar-refractivity contribution is -0.0481. The van der Waals surface area contributed by atoms with E-state index in [2.05, 4.69) is 43.5 Å². The first kappa shape index (κ1) is 36.4. The van der Waals surface area contributed by atoms with Crippen LogP contribution in [0.25, 0.3) is 0 Å². The summed E-state index contributed by atoms with van der Waals surface area (Å²) in [5.41, 5.74) is 0. The highest BCUT2D eigenvalue weighted by Crippen LogP contribution is 2.14. The SMILES string of the molecule is CCCCCC/C=C\CCCCCCCCOC1CNC[C@H]1OCCCCCCCC/C=C\CCCCCC. The molecule has 2 atom stereocenters. The molecule has 0 radical (unpaired) electrons. The van der Waals surface area contributed by atoms with Crippen molar-refractivity contribution in [3.63, 3.8) is 0 Å².